The van der Waals surface area contributed by atoms with Crippen LogP contribution in [-0.4, -0.2) is 39.7 Å². The van der Waals surface area contributed by atoms with Crippen molar-refractivity contribution < 1.29 is 28.6 Å². The van der Waals surface area contributed by atoms with Gasteiger partial charge < -0.3 is 15.6 Å². The molecule has 0 saturated heterocycles. The molecule has 3 amide bonds. The highest BCUT2D eigenvalue weighted by molar-refractivity contribution is 5.95. The first-order valence-corrected chi connectivity index (χ1v) is 6.80. The summed E-state index contributed by atoms with van der Waals surface area (Å²) in [6.45, 7) is 4.71. The van der Waals surface area contributed by atoms with Gasteiger partial charge in [0.25, 0.3) is 0 Å². The lowest BCUT2D eigenvalue weighted by Gasteiger charge is -2.28. The lowest BCUT2D eigenvalue weighted by Crippen LogP contribution is -2.53. The van der Waals surface area contributed by atoms with E-state index in [2.05, 4.69) is 0 Å². The summed E-state index contributed by atoms with van der Waals surface area (Å²) in [4.78, 5) is 35.4. The third kappa shape index (κ3) is 5.57. The molecule has 0 spiro atoms. The quantitative estimate of drug-likeness (QED) is 0.881. The normalized spacial score (nSPS) is 12.3. The molecular formula is C15H19FN2O5. The minimum atomic E-state index is -1.56. The standard InChI is InChI=1S/C15H19FN2O5/c1-15(2,3)23-14(22)18(13(17)21)11(12(19)20)8-9-4-6-10(16)7-5-9/h4-7,11H,8H2,1-3H3,(H2,17,21)(H,19,20)/t11-/m0/s1. The van der Waals surface area contributed by atoms with Crippen LogP contribution >= 0.6 is 0 Å². The van der Waals surface area contributed by atoms with Crippen molar-refractivity contribution >= 4 is 18.1 Å². The lowest BCUT2D eigenvalue weighted by atomic mass is 10.0. The summed E-state index contributed by atoms with van der Waals surface area (Å²) in [5.74, 6) is -1.92. The Balaban J connectivity index is 3.07. The topological polar surface area (TPSA) is 110 Å². The van der Waals surface area contributed by atoms with Gasteiger partial charge in [0.15, 0.2) is 0 Å². The molecule has 1 atom stereocenters. The van der Waals surface area contributed by atoms with Crippen LogP contribution in [0.2, 0.25) is 0 Å². The van der Waals surface area contributed by atoms with E-state index in [0.717, 1.165) is 12.1 Å². The predicted octanol–water partition coefficient (Wildman–Crippen LogP) is 2.14. The van der Waals surface area contributed by atoms with Crippen LogP contribution < -0.4 is 5.73 Å². The van der Waals surface area contributed by atoms with Gasteiger partial charge in [-0.3, -0.25) is 0 Å². The van der Waals surface area contributed by atoms with Crippen molar-refractivity contribution in [2.24, 2.45) is 5.73 Å². The number of nitrogens with zero attached hydrogens (tertiary/aromatic N) is 1. The second kappa shape index (κ2) is 7.08. The van der Waals surface area contributed by atoms with Crippen LogP contribution in [0.1, 0.15) is 26.3 Å². The van der Waals surface area contributed by atoms with Gasteiger partial charge in [0.05, 0.1) is 0 Å². The van der Waals surface area contributed by atoms with Crippen molar-refractivity contribution in [3.05, 3.63) is 35.6 Å². The number of carbonyl (C=O) groups is 3. The van der Waals surface area contributed by atoms with Crippen LogP contribution in [0.25, 0.3) is 0 Å². The summed E-state index contributed by atoms with van der Waals surface area (Å²) in [5, 5.41) is 9.32. The number of imide groups is 1. The van der Waals surface area contributed by atoms with E-state index >= 15 is 0 Å². The number of benzene rings is 1. The second-order valence-electron chi connectivity index (χ2n) is 5.87. The molecule has 0 aliphatic carbocycles. The highest BCUT2D eigenvalue weighted by Crippen LogP contribution is 2.16. The Hall–Kier alpha value is -2.64. The fourth-order valence-electron chi connectivity index (χ4n) is 1.81. The number of urea groups is 1. The molecule has 0 radical (unpaired) electrons. The molecule has 1 aromatic rings. The highest BCUT2D eigenvalue weighted by Gasteiger charge is 2.36. The number of carboxylic acids is 1. The number of hydrogen-bond donors (Lipinski definition) is 2. The Morgan fingerprint density at radius 1 is 1.26 bits per heavy atom. The van der Waals surface area contributed by atoms with Crippen LogP contribution in [-0.2, 0) is 16.0 Å². The molecule has 8 heteroatoms. The highest BCUT2D eigenvalue weighted by atomic mass is 19.1. The molecule has 7 nitrogen and oxygen atoms in total. The van der Waals surface area contributed by atoms with Gasteiger partial charge in [0.2, 0.25) is 0 Å². The van der Waals surface area contributed by atoms with Gasteiger partial charge in [-0.15, -0.1) is 0 Å². The third-order valence-corrected chi connectivity index (χ3v) is 2.77. The van der Waals surface area contributed by atoms with Gasteiger partial charge in [-0.05, 0) is 38.5 Å². The molecule has 3 N–H and O–H groups in total. The van der Waals surface area contributed by atoms with Crippen molar-refractivity contribution in [3.8, 4) is 0 Å². The van der Waals surface area contributed by atoms with Crippen molar-refractivity contribution in [1.29, 1.82) is 0 Å². The zero-order valence-corrected chi connectivity index (χ0v) is 13.1. The molecular weight excluding hydrogens is 307 g/mol. The number of nitrogens with two attached hydrogens (primary N) is 1. The molecule has 0 aliphatic heterocycles. The van der Waals surface area contributed by atoms with E-state index in [9.17, 15) is 23.9 Å². The van der Waals surface area contributed by atoms with E-state index in [4.69, 9.17) is 10.5 Å². The first-order chi connectivity index (χ1) is 10.5. The van der Waals surface area contributed by atoms with Gasteiger partial charge in [-0.1, -0.05) is 12.1 Å². The Kier molecular flexibility index (Phi) is 5.67. The van der Waals surface area contributed by atoms with Crippen molar-refractivity contribution in [1.82, 2.24) is 4.90 Å². The van der Waals surface area contributed by atoms with Gasteiger partial charge in [-0.25, -0.2) is 23.7 Å². The Morgan fingerprint density at radius 2 is 1.78 bits per heavy atom. The predicted molar refractivity (Wildman–Crippen MR) is 79.2 cm³/mol. The maximum Gasteiger partial charge on any atom is 0.419 e. The molecule has 0 unspecified atom stereocenters. The number of hydrogen-bond acceptors (Lipinski definition) is 4. The average molecular weight is 326 g/mol. The summed E-state index contributed by atoms with van der Waals surface area (Å²) in [5.41, 5.74) is 4.63. The second-order valence-corrected chi connectivity index (χ2v) is 5.87. The summed E-state index contributed by atoms with van der Waals surface area (Å²) in [6.07, 6.45) is -1.38. The molecule has 126 valence electrons. The van der Waals surface area contributed by atoms with Crippen LogP contribution in [0.5, 0.6) is 0 Å². The number of aliphatic carboxylic acids is 1. The zero-order valence-electron chi connectivity index (χ0n) is 13.1. The third-order valence-electron chi connectivity index (χ3n) is 2.77. The number of halogens is 1. The number of amides is 3. The van der Waals surface area contributed by atoms with Crippen molar-refractivity contribution in [2.75, 3.05) is 0 Å². The fourth-order valence-corrected chi connectivity index (χ4v) is 1.81. The smallest absolute Gasteiger partial charge is 0.419 e. The van der Waals surface area contributed by atoms with Gasteiger partial charge in [0.1, 0.15) is 17.5 Å². The molecule has 1 aromatic carbocycles. The van der Waals surface area contributed by atoms with Gasteiger partial charge in [0, 0.05) is 6.42 Å². The summed E-state index contributed by atoms with van der Waals surface area (Å²) in [6, 6.07) is 2.22. The largest absolute Gasteiger partial charge is 0.480 e. The average Bonchev–Trinajstić information content (AvgIpc) is 2.37. The Morgan fingerprint density at radius 3 is 2.17 bits per heavy atom. The summed E-state index contributed by atoms with van der Waals surface area (Å²) in [7, 11) is 0. The number of carbonyl (C=O) groups excluding carboxylic acids is 2. The monoisotopic (exact) mass is 326 g/mol. The fraction of sp³-hybridized carbons (Fsp3) is 0.400. The van der Waals surface area contributed by atoms with Gasteiger partial charge >= 0.3 is 18.1 Å². The molecule has 0 aromatic heterocycles. The number of ether oxygens (including phenoxy) is 1. The Bertz CT molecular complexity index is 595. The molecule has 1 rings (SSSR count). The van der Waals surface area contributed by atoms with E-state index in [-0.39, 0.29) is 6.42 Å². The molecule has 23 heavy (non-hydrogen) atoms. The van der Waals surface area contributed by atoms with E-state index in [1.165, 1.54) is 12.1 Å². The Labute approximate surface area is 132 Å². The van der Waals surface area contributed by atoms with Crippen LogP contribution in [0, 0.1) is 5.82 Å². The number of carboxylic acid groups (broad SMARTS) is 1. The molecule has 0 fully saturated rings. The summed E-state index contributed by atoms with van der Waals surface area (Å²) >= 11 is 0. The van der Waals surface area contributed by atoms with Crippen LogP contribution in [0.3, 0.4) is 0 Å². The first-order valence-electron chi connectivity index (χ1n) is 6.80. The van der Waals surface area contributed by atoms with Crippen molar-refractivity contribution in [2.45, 2.75) is 38.8 Å². The first kappa shape index (κ1) is 18.4. The van der Waals surface area contributed by atoms with Crippen molar-refractivity contribution in [3.63, 3.8) is 0 Å². The number of primary amides is 1. The van der Waals surface area contributed by atoms with E-state index < -0.39 is 35.6 Å². The minimum absolute atomic E-state index is 0.224. The number of rotatable bonds is 4. The lowest BCUT2D eigenvalue weighted by molar-refractivity contribution is -0.142. The SMILES string of the molecule is CC(C)(C)OC(=O)N(C(N)=O)[C@@H](Cc1ccc(F)cc1)C(=O)O. The molecule has 0 bridgehead atoms. The molecule has 0 heterocycles. The van der Waals surface area contributed by atoms with Crippen LogP contribution in [0.4, 0.5) is 14.0 Å². The van der Waals surface area contributed by atoms with E-state index in [0.29, 0.717) is 10.5 Å². The maximum atomic E-state index is 12.9. The summed E-state index contributed by atoms with van der Waals surface area (Å²) < 4.78 is 17.9. The maximum absolute atomic E-state index is 12.9. The zero-order chi connectivity index (χ0) is 17.8. The van der Waals surface area contributed by atoms with Gasteiger partial charge in [-0.2, -0.15) is 0 Å². The van der Waals surface area contributed by atoms with E-state index in [1.54, 1.807) is 20.8 Å². The molecule has 0 aliphatic rings. The van der Waals surface area contributed by atoms with Crippen LogP contribution in [0.15, 0.2) is 24.3 Å². The van der Waals surface area contributed by atoms with E-state index in [1.807, 2.05) is 0 Å². The molecule has 0 saturated carbocycles. The minimum Gasteiger partial charge on any atom is -0.480 e.